The summed E-state index contributed by atoms with van der Waals surface area (Å²) in [6, 6.07) is 1.27. The van der Waals surface area contributed by atoms with Gasteiger partial charge in [-0.1, -0.05) is 6.92 Å². The summed E-state index contributed by atoms with van der Waals surface area (Å²) in [6.07, 6.45) is -2.09. The minimum absolute atomic E-state index is 0.0994. The van der Waals surface area contributed by atoms with Crippen molar-refractivity contribution < 1.29 is 13.2 Å². The van der Waals surface area contributed by atoms with Crippen LogP contribution in [0.25, 0.3) is 0 Å². The van der Waals surface area contributed by atoms with Gasteiger partial charge in [0, 0.05) is 5.69 Å². The van der Waals surface area contributed by atoms with Gasteiger partial charge in [0.05, 0.1) is 6.04 Å². The number of piperidine rings is 1. The number of aromatic nitrogens is 2. The molecule has 1 N–H and O–H groups in total. The van der Waals surface area contributed by atoms with Gasteiger partial charge < -0.3 is 5.32 Å². The van der Waals surface area contributed by atoms with Crippen molar-refractivity contribution in [3.05, 3.63) is 17.5 Å². The fourth-order valence-corrected chi connectivity index (χ4v) is 2.20. The van der Waals surface area contributed by atoms with E-state index in [0.29, 0.717) is 12.1 Å². The van der Waals surface area contributed by atoms with E-state index in [9.17, 15) is 13.2 Å². The highest BCUT2D eigenvalue weighted by Crippen LogP contribution is 2.31. The van der Waals surface area contributed by atoms with Crippen LogP contribution in [0.5, 0.6) is 0 Å². The lowest BCUT2D eigenvalue weighted by Crippen LogP contribution is -2.30. The molecule has 1 saturated heterocycles. The molecule has 0 radical (unpaired) electrons. The van der Waals surface area contributed by atoms with E-state index in [0.717, 1.165) is 25.9 Å². The molecule has 0 amide bonds. The molecule has 0 saturated carbocycles. The molecular formula is C11H16F3N3. The Morgan fingerprint density at radius 3 is 2.59 bits per heavy atom. The summed E-state index contributed by atoms with van der Waals surface area (Å²) in [4.78, 5) is 0. The second kappa shape index (κ2) is 4.68. The van der Waals surface area contributed by atoms with Gasteiger partial charge in [0.1, 0.15) is 0 Å². The molecule has 0 bridgehead atoms. The molecule has 2 rings (SSSR count). The van der Waals surface area contributed by atoms with Crippen LogP contribution in [0.1, 0.15) is 37.2 Å². The highest BCUT2D eigenvalue weighted by Gasteiger charge is 2.35. The topological polar surface area (TPSA) is 29.9 Å². The summed E-state index contributed by atoms with van der Waals surface area (Å²) in [5, 5.41) is 6.94. The molecule has 1 fully saturated rings. The van der Waals surface area contributed by atoms with E-state index >= 15 is 0 Å². The second-order valence-electron chi connectivity index (χ2n) is 4.30. The Kier molecular flexibility index (Phi) is 3.42. The minimum atomic E-state index is -4.35. The third kappa shape index (κ3) is 2.62. The maximum absolute atomic E-state index is 12.6. The number of aryl methyl sites for hydroxylation is 1. The lowest BCUT2D eigenvalue weighted by molar-refractivity contribution is -0.141. The number of halogens is 3. The molecular weight excluding hydrogens is 231 g/mol. The molecule has 1 aromatic heterocycles. The summed E-state index contributed by atoms with van der Waals surface area (Å²) in [7, 11) is 0. The first-order valence-corrected chi connectivity index (χ1v) is 5.88. The number of nitrogens with zero attached hydrogens (tertiary/aromatic N) is 2. The van der Waals surface area contributed by atoms with E-state index < -0.39 is 11.9 Å². The van der Waals surface area contributed by atoms with Crippen LogP contribution in [0.4, 0.5) is 13.2 Å². The molecule has 6 heteroatoms. The number of hydrogen-bond donors (Lipinski definition) is 1. The van der Waals surface area contributed by atoms with Crippen molar-refractivity contribution in [1.29, 1.82) is 0 Å². The smallest absolute Gasteiger partial charge is 0.317 e. The van der Waals surface area contributed by atoms with Crippen LogP contribution in [0.3, 0.4) is 0 Å². The van der Waals surface area contributed by atoms with Crippen molar-refractivity contribution in [2.45, 2.75) is 38.4 Å². The van der Waals surface area contributed by atoms with Gasteiger partial charge in [-0.2, -0.15) is 18.3 Å². The maximum Gasteiger partial charge on any atom is 0.435 e. The first-order chi connectivity index (χ1) is 8.02. The van der Waals surface area contributed by atoms with Crippen LogP contribution in [-0.4, -0.2) is 22.9 Å². The van der Waals surface area contributed by atoms with Crippen LogP contribution >= 0.6 is 0 Å². The van der Waals surface area contributed by atoms with Crippen molar-refractivity contribution in [3.63, 3.8) is 0 Å². The Balaban J connectivity index is 2.28. The molecule has 1 aromatic rings. The molecule has 96 valence electrons. The van der Waals surface area contributed by atoms with E-state index in [4.69, 9.17) is 0 Å². The average molecular weight is 247 g/mol. The lowest BCUT2D eigenvalue weighted by Gasteiger charge is -2.24. The van der Waals surface area contributed by atoms with Crippen molar-refractivity contribution in [2.24, 2.45) is 0 Å². The summed E-state index contributed by atoms with van der Waals surface area (Å²) < 4.78 is 39.4. The van der Waals surface area contributed by atoms with Gasteiger partial charge in [-0.15, -0.1) is 0 Å². The van der Waals surface area contributed by atoms with Crippen LogP contribution in [0, 0.1) is 0 Å². The molecule has 0 spiro atoms. The van der Waals surface area contributed by atoms with Gasteiger partial charge in [0.15, 0.2) is 5.69 Å². The van der Waals surface area contributed by atoms with Crippen LogP contribution in [0.2, 0.25) is 0 Å². The fourth-order valence-electron chi connectivity index (χ4n) is 2.20. The zero-order chi connectivity index (χ0) is 12.5. The van der Waals surface area contributed by atoms with Gasteiger partial charge in [-0.25, -0.2) is 0 Å². The average Bonchev–Trinajstić information content (AvgIpc) is 2.73. The standard InChI is InChI=1S/C11H16F3N3/c1-2-8-7-10(11(12,13)14)16-17(8)9-3-5-15-6-4-9/h7,9,15H,2-6H2,1H3. The molecule has 0 aromatic carbocycles. The third-order valence-corrected chi connectivity index (χ3v) is 3.12. The lowest BCUT2D eigenvalue weighted by atomic mass is 10.1. The Bertz CT molecular complexity index is 378. The highest BCUT2D eigenvalue weighted by molar-refractivity contribution is 5.14. The van der Waals surface area contributed by atoms with E-state index in [1.54, 1.807) is 4.68 Å². The Hall–Kier alpha value is -1.04. The van der Waals surface area contributed by atoms with Crippen molar-refractivity contribution in [2.75, 3.05) is 13.1 Å². The maximum atomic E-state index is 12.6. The summed E-state index contributed by atoms with van der Waals surface area (Å²) >= 11 is 0. The SMILES string of the molecule is CCc1cc(C(F)(F)F)nn1C1CCNCC1. The quantitative estimate of drug-likeness (QED) is 0.869. The van der Waals surface area contributed by atoms with Gasteiger partial charge >= 0.3 is 6.18 Å². The van der Waals surface area contributed by atoms with Gasteiger partial charge in [-0.05, 0) is 38.4 Å². The van der Waals surface area contributed by atoms with Crippen molar-refractivity contribution >= 4 is 0 Å². The van der Waals surface area contributed by atoms with E-state index in [-0.39, 0.29) is 6.04 Å². The molecule has 1 aliphatic heterocycles. The molecule has 1 aliphatic rings. The summed E-state index contributed by atoms with van der Waals surface area (Å²) in [5.74, 6) is 0. The van der Waals surface area contributed by atoms with Gasteiger partial charge in [0.25, 0.3) is 0 Å². The highest BCUT2D eigenvalue weighted by atomic mass is 19.4. The number of hydrogen-bond acceptors (Lipinski definition) is 2. The number of nitrogens with one attached hydrogen (secondary N) is 1. The number of alkyl halides is 3. The monoisotopic (exact) mass is 247 g/mol. The normalized spacial score (nSPS) is 18.6. The Morgan fingerprint density at radius 1 is 1.41 bits per heavy atom. The van der Waals surface area contributed by atoms with Gasteiger partial charge in [0.2, 0.25) is 0 Å². The number of rotatable bonds is 2. The first-order valence-electron chi connectivity index (χ1n) is 5.88. The van der Waals surface area contributed by atoms with E-state index in [1.807, 2.05) is 6.92 Å². The molecule has 17 heavy (non-hydrogen) atoms. The molecule has 0 atom stereocenters. The first kappa shape index (κ1) is 12.4. The van der Waals surface area contributed by atoms with Gasteiger partial charge in [-0.3, -0.25) is 4.68 Å². The zero-order valence-corrected chi connectivity index (χ0v) is 9.72. The second-order valence-corrected chi connectivity index (χ2v) is 4.30. The zero-order valence-electron chi connectivity index (χ0n) is 9.72. The van der Waals surface area contributed by atoms with Crippen molar-refractivity contribution in [1.82, 2.24) is 15.1 Å². The summed E-state index contributed by atoms with van der Waals surface area (Å²) in [6.45, 7) is 3.54. The minimum Gasteiger partial charge on any atom is -0.317 e. The molecule has 0 unspecified atom stereocenters. The van der Waals surface area contributed by atoms with Crippen LogP contribution in [-0.2, 0) is 12.6 Å². The van der Waals surface area contributed by atoms with Crippen LogP contribution in [0.15, 0.2) is 6.07 Å². The molecule has 0 aliphatic carbocycles. The fraction of sp³-hybridized carbons (Fsp3) is 0.727. The van der Waals surface area contributed by atoms with E-state index in [2.05, 4.69) is 10.4 Å². The largest absolute Gasteiger partial charge is 0.435 e. The summed E-state index contributed by atoms with van der Waals surface area (Å²) in [5.41, 5.74) is -0.0999. The predicted octanol–water partition coefficient (Wildman–Crippen LogP) is 2.39. The Morgan fingerprint density at radius 2 is 2.06 bits per heavy atom. The van der Waals surface area contributed by atoms with E-state index in [1.165, 1.54) is 6.07 Å². The predicted molar refractivity (Wildman–Crippen MR) is 57.7 cm³/mol. The van der Waals surface area contributed by atoms with Crippen molar-refractivity contribution in [3.8, 4) is 0 Å². The third-order valence-electron chi connectivity index (χ3n) is 3.12. The Labute approximate surface area is 98.0 Å². The van der Waals surface area contributed by atoms with Crippen LogP contribution < -0.4 is 5.32 Å². The molecule has 3 nitrogen and oxygen atoms in total. The molecule has 2 heterocycles.